The molecule has 2 aliphatic rings. The lowest BCUT2D eigenvalue weighted by Gasteiger charge is -2.43. The lowest BCUT2D eigenvalue weighted by molar-refractivity contribution is -0.158. The molecule has 0 bridgehead atoms. The maximum Gasteiger partial charge on any atom is 0.302 e. The second kappa shape index (κ2) is 10.4. The van der Waals surface area contributed by atoms with Gasteiger partial charge in [0.25, 0.3) is 0 Å². The topological polar surface area (TPSA) is 64.6 Å². The van der Waals surface area contributed by atoms with Gasteiger partial charge < -0.3 is 14.8 Å². The number of hydrogen-bond donors (Lipinski definition) is 1. The van der Waals surface area contributed by atoms with Gasteiger partial charge in [0.2, 0.25) is 5.91 Å². The van der Waals surface area contributed by atoms with Crippen LogP contribution < -0.4 is 5.32 Å². The van der Waals surface area contributed by atoms with Gasteiger partial charge in [-0.2, -0.15) is 0 Å². The lowest BCUT2D eigenvalue weighted by atomic mass is 9.79. The smallest absolute Gasteiger partial charge is 0.302 e. The summed E-state index contributed by atoms with van der Waals surface area (Å²) in [4.78, 5) is 23.8. The highest BCUT2D eigenvalue weighted by Crippen LogP contribution is 2.36. The van der Waals surface area contributed by atoms with Gasteiger partial charge in [0, 0.05) is 25.8 Å². The van der Waals surface area contributed by atoms with Crippen molar-refractivity contribution in [3.63, 3.8) is 0 Å². The molecule has 28 heavy (non-hydrogen) atoms. The Hall–Kier alpha value is -1.36. The van der Waals surface area contributed by atoms with Gasteiger partial charge in [-0.25, -0.2) is 0 Å². The van der Waals surface area contributed by atoms with Crippen LogP contribution >= 0.6 is 0 Å². The molecule has 1 saturated heterocycles. The average molecular weight is 394 g/mol. The number of amides is 1. The number of hydrogen-bond acceptors (Lipinski definition) is 4. The highest BCUT2D eigenvalue weighted by molar-refractivity contribution is 5.77. The van der Waals surface area contributed by atoms with E-state index in [4.69, 9.17) is 9.47 Å². The van der Waals surface area contributed by atoms with E-state index in [-0.39, 0.29) is 41.6 Å². The van der Waals surface area contributed by atoms with Gasteiger partial charge in [-0.05, 0) is 37.0 Å². The highest BCUT2D eigenvalue weighted by Gasteiger charge is 2.39. The second-order valence-electron chi connectivity index (χ2n) is 9.62. The third-order valence-corrected chi connectivity index (χ3v) is 6.05. The summed E-state index contributed by atoms with van der Waals surface area (Å²) in [5, 5.41) is 3.15. The first-order valence-corrected chi connectivity index (χ1v) is 10.9. The normalized spacial score (nSPS) is 27.6. The van der Waals surface area contributed by atoms with Crippen LogP contribution in [0.1, 0.15) is 85.5 Å². The van der Waals surface area contributed by atoms with E-state index in [9.17, 15) is 9.59 Å². The summed E-state index contributed by atoms with van der Waals surface area (Å²) < 4.78 is 12.2. The van der Waals surface area contributed by atoms with Crippen molar-refractivity contribution in [3.8, 4) is 0 Å². The minimum absolute atomic E-state index is 0.0112. The molecule has 2 fully saturated rings. The molecule has 1 amide bonds. The standard InChI is InChI=1S/C23H39NO4/c1-6-10-22(26)24-18-13-19(28-21(14-18)23(3,4)5)15-20(27-16(2)25)17-11-8-7-9-12-17/h6,17-21H,1,7-15H2,2-5H3,(H,24,26)/t18?,19-,20+,21+/m0/s1. The van der Waals surface area contributed by atoms with Gasteiger partial charge in [-0.15, -0.1) is 6.58 Å². The molecule has 1 aliphatic heterocycles. The van der Waals surface area contributed by atoms with Crippen LogP contribution in [0.3, 0.4) is 0 Å². The SMILES string of the molecule is C=CCC(=O)NC1C[C@@H](C[C@@H](OC(C)=O)C2CCCCC2)O[C@@H](C(C)(C)C)C1. The zero-order chi connectivity index (χ0) is 20.7. The van der Waals surface area contributed by atoms with Crippen LogP contribution in [0.4, 0.5) is 0 Å². The molecular formula is C23H39NO4. The molecule has 4 atom stereocenters. The van der Waals surface area contributed by atoms with Crippen LogP contribution in [0.25, 0.3) is 0 Å². The maximum atomic E-state index is 12.1. The van der Waals surface area contributed by atoms with E-state index < -0.39 is 0 Å². The van der Waals surface area contributed by atoms with E-state index in [1.165, 1.54) is 26.2 Å². The summed E-state index contributed by atoms with van der Waals surface area (Å²) >= 11 is 0. The summed E-state index contributed by atoms with van der Waals surface area (Å²) in [5.74, 6) is 0.219. The summed E-state index contributed by atoms with van der Waals surface area (Å²) in [7, 11) is 0. The predicted octanol–water partition coefficient (Wildman–Crippen LogP) is 4.54. The molecule has 0 radical (unpaired) electrons. The fourth-order valence-corrected chi connectivity index (χ4v) is 4.58. The number of nitrogens with one attached hydrogen (secondary N) is 1. The Labute approximate surface area is 170 Å². The first kappa shape index (κ1) is 22.9. The monoisotopic (exact) mass is 393 g/mol. The van der Waals surface area contributed by atoms with E-state index in [1.807, 2.05) is 0 Å². The summed E-state index contributed by atoms with van der Waals surface area (Å²) in [5.41, 5.74) is -0.0121. The predicted molar refractivity (Wildman–Crippen MR) is 111 cm³/mol. The van der Waals surface area contributed by atoms with Crippen LogP contribution in [-0.4, -0.2) is 36.2 Å². The molecule has 0 aromatic heterocycles. The van der Waals surface area contributed by atoms with Crippen LogP contribution in [0.2, 0.25) is 0 Å². The molecule has 1 saturated carbocycles. The summed E-state index contributed by atoms with van der Waals surface area (Å²) in [6, 6.07) is 0.0831. The van der Waals surface area contributed by atoms with E-state index >= 15 is 0 Å². The zero-order valence-electron chi connectivity index (χ0n) is 18.2. The first-order valence-electron chi connectivity index (χ1n) is 10.9. The Morgan fingerprint density at radius 2 is 1.89 bits per heavy atom. The molecule has 5 nitrogen and oxygen atoms in total. The summed E-state index contributed by atoms with van der Waals surface area (Å²) in [6.45, 7) is 11.7. The maximum absolute atomic E-state index is 12.1. The van der Waals surface area contributed by atoms with Gasteiger partial charge in [-0.3, -0.25) is 9.59 Å². The molecule has 1 heterocycles. The molecule has 1 N–H and O–H groups in total. The van der Waals surface area contributed by atoms with Crippen molar-refractivity contribution < 1.29 is 19.1 Å². The van der Waals surface area contributed by atoms with Crippen molar-refractivity contribution in [3.05, 3.63) is 12.7 Å². The number of rotatable bonds is 7. The van der Waals surface area contributed by atoms with Gasteiger partial charge in [0.1, 0.15) is 6.10 Å². The van der Waals surface area contributed by atoms with Crippen LogP contribution in [0, 0.1) is 11.3 Å². The van der Waals surface area contributed by atoms with Crippen molar-refractivity contribution in [1.29, 1.82) is 0 Å². The number of ether oxygens (including phenoxy) is 2. The molecule has 5 heteroatoms. The fourth-order valence-electron chi connectivity index (χ4n) is 4.58. The zero-order valence-corrected chi connectivity index (χ0v) is 18.2. The van der Waals surface area contributed by atoms with Crippen molar-refractivity contribution in [2.45, 2.75) is 110 Å². The molecule has 160 valence electrons. The Bertz CT molecular complexity index is 533. The van der Waals surface area contributed by atoms with Crippen molar-refractivity contribution >= 4 is 11.9 Å². The molecule has 0 aromatic rings. The Morgan fingerprint density at radius 1 is 1.21 bits per heavy atom. The number of carbonyl (C=O) groups excluding carboxylic acids is 2. The van der Waals surface area contributed by atoms with Crippen molar-refractivity contribution in [2.24, 2.45) is 11.3 Å². The molecular weight excluding hydrogens is 354 g/mol. The minimum atomic E-state index is -0.213. The second-order valence-corrected chi connectivity index (χ2v) is 9.62. The van der Waals surface area contributed by atoms with Crippen LogP contribution in [0.15, 0.2) is 12.7 Å². The van der Waals surface area contributed by atoms with Crippen molar-refractivity contribution in [2.75, 3.05) is 0 Å². The molecule has 1 unspecified atom stereocenters. The third-order valence-electron chi connectivity index (χ3n) is 6.05. The Balaban J connectivity index is 2.08. The van der Waals surface area contributed by atoms with Crippen LogP contribution in [-0.2, 0) is 19.1 Å². The number of carbonyl (C=O) groups is 2. The molecule has 0 aromatic carbocycles. The van der Waals surface area contributed by atoms with Gasteiger partial charge in [0.05, 0.1) is 12.2 Å². The largest absolute Gasteiger partial charge is 0.462 e. The molecule has 1 aliphatic carbocycles. The van der Waals surface area contributed by atoms with E-state index in [0.29, 0.717) is 18.8 Å². The first-order chi connectivity index (χ1) is 13.2. The number of esters is 1. The van der Waals surface area contributed by atoms with Gasteiger partial charge >= 0.3 is 5.97 Å². The Kier molecular flexibility index (Phi) is 8.54. The lowest BCUT2D eigenvalue weighted by Crippen LogP contribution is -2.50. The average Bonchev–Trinajstić information content (AvgIpc) is 2.61. The molecule has 2 rings (SSSR count). The van der Waals surface area contributed by atoms with Crippen molar-refractivity contribution in [1.82, 2.24) is 5.32 Å². The van der Waals surface area contributed by atoms with Gasteiger partial charge in [-0.1, -0.05) is 46.1 Å². The van der Waals surface area contributed by atoms with E-state index in [2.05, 4.69) is 32.7 Å². The van der Waals surface area contributed by atoms with Gasteiger partial charge in [0.15, 0.2) is 0 Å². The van der Waals surface area contributed by atoms with E-state index in [1.54, 1.807) is 6.08 Å². The highest BCUT2D eigenvalue weighted by atomic mass is 16.5. The fraction of sp³-hybridized carbons (Fsp3) is 0.826. The van der Waals surface area contributed by atoms with E-state index in [0.717, 1.165) is 25.7 Å². The Morgan fingerprint density at radius 3 is 2.46 bits per heavy atom. The third kappa shape index (κ3) is 7.23. The quantitative estimate of drug-likeness (QED) is 0.509. The minimum Gasteiger partial charge on any atom is -0.462 e. The van der Waals surface area contributed by atoms with Crippen LogP contribution in [0.5, 0.6) is 0 Å². The summed E-state index contributed by atoms with van der Waals surface area (Å²) in [6.07, 6.45) is 10.1. The molecule has 0 spiro atoms.